The van der Waals surface area contributed by atoms with E-state index < -0.39 is 32.1 Å². The first kappa shape index (κ1) is 26.4. The van der Waals surface area contributed by atoms with E-state index in [-0.39, 0.29) is 27.4 Å². The van der Waals surface area contributed by atoms with E-state index in [0.717, 1.165) is 11.6 Å². The number of benzene rings is 2. The Morgan fingerprint density at radius 1 is 1.06 bits per heavy atom. The highest BCUT2D eigenvalue weighted by Crippen LogP contribution is 2.47. The summed E-state index contributed by atoms with van der Waals surface area (Å²) in [4.78, 5) is 14.4. The summed E-state index contributed by atoms with van der Waals surface area (Å²) in [5.41, 5.74) is -0.984. The number of nitro benzene ring substituents is 1. The fraction of sp³-hybridized carbons (Fsp3) is 0.409. The van der Waals surface area contributed by atoms with Crippen LogP contribution in [0.5, 0.6) is 0 Å². The van der Waals surface area contributed by atoms with Gasteiger partial charge in [0.2, 0.25) is 0 Å². The van der Waals surface area contributed by atoms with Gasteiger partial charge in [-0.2, -0.15) is 13.2 Å². The van der Waals surface area contributed by atoms with E-state index in [1.165, 1.54) is 4.90 Å². The van der Waals surface area contributed by atoms with Crippen LogP contribution in [-0.4, -0.2) is 66.7 Å². The van der Waals surface area contributed by atoms with Crippen LogP contribution in [0.4, 0.5) is 24.5 Å². The number of hydrogen-bond acceptors (Lipinski definition) is 5. The van der Waals surface area contributed by atoms with E-state index in [2.05, 4.69) is 36.8 Å². The number of non-ortho nitro benzene ring substituents is 1. The van der Waals surface area contributed by atoms with E-state index in [1.807, 2.05) is 30.3 Å². The predicted octanol–water partition coefficient (Wildman–Crippen LogP) is 4.73. The average molecular weight is 640 g/mol. The van der Waals surface area contributed by atoms with Crippen LogP contribution < -0.4 is 4.90 Å². The van der Waals surface area contributed by atoms with Gasteiger partial charge in [0.15, 0.2) is 0 Å². The van der Waals surface area contributed by atoms with Crippen molar-refractivity contribution in [1.82, 2.24) is 9.21 Å². The van der Waals surface area contributed by atoms with Gasteiger partial charge < -0.3 is 4.90 Å². The van der Waals surface area contributed by atoms with Crippen molar-refractivity contribution in [1.29, 1.82) is 0 Å². The maximum absolute atomic E-state index is 14.7. The second kappa shape index (κ2) is 10.4. The molecule has 0 saturated carbocycles. The summed E-state index contributed by atoms with van der Waals surface area (Å²) >= 11 is 6.62. The largest absolute Gasteiger partial charge is 0.418 e. The van der Waals surface area contributed by atoms with Crippen molar-refractivity contribution in [3.63, 3.8) is 0 Å². The number of nitro groups is 1. The van der Waals surface area contributed by atoms with Crippen LogP contribution in [-0.2, 0) is 22.4 Å². The average Bonchev–Trinajstić information content (AvgIpc) is 3.07. The summed E-state index contributed by atoms with van der Waals surface area (Å²) in [7, 11) is -3.34. The zero-order chi connectivity index (χ0) is 25.4. The van der Waals surface area contributed by atoms with Crippen molar-refractivity contribution in [2.45, 2.75) is 17.6 Å². The molecule has 13 heteroatoms. The lowest BCUT2D eigenvalue weighted by molar-refractivity contribution is -0.385. The quantitative estimate of drug-likeness (QED) is 0.190. The number of hydrogen-bond donors (Lipinski definition) is 0. The van der Waals surface area contributed by atoms with Crippen LogP contribution in [0.1, 0.15) is 11.1 Å². The van der Waals surface area contributed by atoms with Gasteiger partial charge >= 0.3 is 6.18 Å². The molecule has 0 spiro atoms. The van der Waals surface area contributed by atoms with Crippen molar-refractivity contribution in [3.05, 3.63) is 63.7 Å². The van der Waals surface area contributed by atoms with Gasteiger partial charge in [0.25, 0.3) is 5.69 Å². The number of halogens is 5. The van der Waals surface area contributed by atoms with Gasteiger partial charge in [-0.05, 0) is 5.56 Å². The molecule has 2 aliphatic heterocycles. The maximum atomic E-state index is 14.7. The molecule has 0 bridgehead atoms. The van der Waals surface area contributed by atoms with Crippen molar-refractivity contribution in [3.8, 4) is 0 Å². The second-order valence-electron chi connectivity index (χ2n) is 8.18. The lowest BCUT2D eigenvalue weighted by Crippen LogP contribution is -2.50. The van der Waals surface area contributed by atoms with Gasteiger partial charge in [0.05, 0.1) is 36.1 Å². The zero-order valence-electron chi connectivity index (χ0n) is 18.5. The molecule has 0 radical (unpaired) electrons. The summed E-state index contributed by atoms with van der Waals surface area (Å²) < 4.78 is 58.7. The molecule has 7 nitrogen and oxygen atoms in total. The molecule has 1 saturated heterocycles. The lowest BCUT2D eigenvalue weighted by Gasteiger charge is -2.36. The molecule has 1 fully saturated rings. The molecule has 0 amide bonds. The van der Waals surface area contributed by atoms with E-state index in [9.17, 15) is 27.5 Å². The highest BCUT2D eigenvalue weighted by molar-refractivity contribution is 9.09. The monoisotopic (exact) mass is 638 g/mol. The SMILES string of the molecule is O=[N+]([O-])c1cc(C(F)(F)F)c2c(c1)S(=O)(N1CCN(Cc3ccccc3)CC1)=C(CBr)N2CCBr. The Balaban J connectivity index is 1.78. The first-order valence-electron chi connectivity index (χ1n) is 10.8. The normalized spacial score (nSPS) is 21.4. The molecule has 1 atom stereocenters. The van der Waals surface area contributed by atoms with E-state index in [4.69, 9.17) is 0 Å². The van der Waals surface area contributed by atoms with E-state index in [1.54, 1.807) is 4.31 Å². The number of alkyl halides is 5. The summed E-state index contributed by atoms with van der Waals surface area (Å²) in [5, 5.41) is 11.9. The molecule has 35 heavy (non-hydrogen) atoms. The van der Waals surface area contributed by atoms with Gasteiger partial charge in [-0.15, -0.1) is 0 Å². The Labute approximate surface area is 218 Å². The van der Waals surface area contributed by atoms with Crippen molar-refractivity contribution < 1.29 is 22.3 Å². The Kier molecular flexibility index (Phi) is 7.82. The fourth-order valence-electron chi connectivity index (χ4n) is 4.55. The number of rotatable bonds is 7. The van der Waals surface area contributed by atoms with Gasteiger partial charge in [0.1, 0.15) is 4.99 Å². The smallest absolute Gasteiger partial charge is 0.334 e. The van der Waals surface area contributed by atoms with Crippen molar-refractivity contribution >= 4 is 57.9 Å². The molecule has 190 valence electrons. The minimum atomic E-state index is -4.85. The second-order valence-corrected chi connectivity index (χ2v) is 12.0. The van der Waals surface area contributed by atoms with Crippen LogP contribution in [0.15, 0.2) is 47.4 Å². The molecule has 2 aromatic rings. The first-order valence-corrected chi connectivity index (χ1v) is 14.6. The number of piperazine rings is 1. The Morgan fingerprint density at radius 2 is 1.71 bits per heavy atom. The standard InChI is InChI=1S/C22H23Br2F3N4O3S/c23-6-7-30-20(14-24)35(34,19-13-17(31(32)33)12-18(21(19)30)22(25,26)27)29-10-8-28(9-11-29)15-16-4-2-1-3-5-16/h1-5,12-13H,6-11,14-15H2. The molecular weight excluding hydrogens is 617 g/mol. The van der Waals surface area contributed by atoms with Crippen LogP contribution in [0.25, 0.3) is 0 Å². The molecule has 2 aromatic carbocycles. The third-order valence-electron chi connectivity index (χ3n) is 6.13. The number of nitrogens with zero attached hydrogens (tertiary/aromatic N) is 4. The van der Waals surface area contributed by atoms with Gasteiger partial charge in [-0.1, -0.05) is 62.2 Å². The summed E-state index contributed by atoms with van der Waals surface area (Å²) in [6.45, 7) is 2.69. The molecule has 0 aliphatic carbocycles. The van der Waals surface area contributed by atoms with Crippen LogP contribution in [0, 0.1) is 10.1 Å². The molecule has 1 unspecified atom stereocenters. The van der Waals surface area contributed by atoms with E-state index in [0.29, 0.717) is 44.1 Å². The highest BCUT2D eigenvalue weighted by Gasteiger charge is 2.46. The minimum absolute atomic E-state index is 0.0723. The molecule has 0 N–H and O–H groups in total. The molecule has 2 aliphatic rings. The summed E-state index contributed by atoms with van der Waals surface area (Å²) in [6, 6.07) is 11.5. The predicted molar refractivity (Wildman–Crippen MR) is 138 cm³/mol. The maximum Gasteiger partial charge on any atom is 0.418 e. The van der Waals surface area contributed by atoms with Crippen molar-refractivity contribution in [2.75, 3.05) is 48.3 Å². The van der Waals surface area contributed by atoms with Crippen LogP contribution >= 0.6 is 31.9 Å². The first-order chi connectivity index (χ1) is 16.6. The van der Waals surface area contributed by atoms with Gasteiger partial charge in [0, 0.05) is 56.7 Å². The zero-order valence-corrected chi connectivity index (χ0v) is 22.5. The molecule has 4 rings (SSSR count). The Morgan fingerprint density at radius 3 is 2.26 bits per heavy atom. The summed E-state index contributed by atoms with van der Waals surface area (Å²) in [5.74, 6) is 0. The third-order valence-corrected chi connectivity index (χ3v) is 10.4. The van der Waals surface area contributed by atoms with Crippen LogP contribution in [0.3, 0.4) is 0 Å². The van der Waals surface area contributed by atoms with Gasteiger partial charge in [-0.25, -0.2) is 8.51 Å². The minimum Gasteiger partial charge on any atom is -0.334 e. The highest BCUT2D eigenvalue weighted by atomic mass is 79.9. The number of anilines is 1. The van der Waals surface area contributed by atoms with Crippen molar-refractivity contribution in [2.24, 2.45) is 0 Å². The Hall–Kier alpha value is -1.67. The number of fused-ring (bicyclic) bond motifs is 1. The Bertz CT molecular complexity index is 1230. The third kappa shape index (κ3) is 4.97. The molecular formula is C22H23Br2F3N4O3S. The lowest BCUT2D eigenvalue weighted by atomic mass is 10.1. The van der Waals surface area contributed by atoms with Gasteiger partial charge in [-0.3, -0.25) is 15.0 Å². The fourth-order valence-corrected chi connectivity index (χ4v) is 9.03. The van der Waals surface area contributed by atoms with Crippen LogP contribution in [0.2, 0.25) is 0 Å². The summed E-state index contributed by atoms with van der Waals surface area (Å²) in [6.07, 6.45) is -4.85. The topological polar surface area (TPSA) is 69.9 Å². The van der Waals surface area contributed by atoms with E-state index >= 15 is 0 Å². The molecule has 2 heterocycles. The molecule has 0 aromatic heterocycles.